The van der Waals surface area contributed by atoms with E-state index in [0.29, 0.717) is 5.69 Å². The minimum Gasteiger partial charge on any atom is -0.497 e. The number of methoxy groups -OCH3 is 1. The number of benzene rings is 2. The molecule has 1 unspecified atom stereocenters. The van der Waals surface area contributed by atoms with Crippen LogP contribution in [-0.4, -0.2) is 34.2 Å². The Morgan fingerprint density at radius 1 is 1.21 bits per heavy atom. The van der Waals surface area contributed by atoms with Gasteiger partial charge in [-0.1, -0.05) is 18.2 Å². The smallest absolute Gasteiger partial charge is 0.241 e. The second-order valence-corrected chi connectivity index (χ2v) is 9.54. The van der Waals surface area contributed by atoms with Gasteiger partial charge in [0.05, 0.1) is 25.1 Å². The van der Waals surface area contributed by atoms with E-state index >= 15 is 0 Å². The zero-order valence-electron chi connectivity index (χ0n) is 17.4. The Morgan fingerprint density at radius 3 is 2.66 bits per heavy atom. The fourth-order valence-electron chi connectivity index (χ4n) is 3.81. The number of sulfonamides is 1. The van der Waals surface area contributed by atoms with Gasteiger partial charge in [0.1, 0.15) is 12.3 Å². The topological polar surface area (TPSA) is 75.7 Å². The van der Waals surface area contributed by atoms with E-state index < -0.39 is 10.0 Å². The van der Waals surface area contributed by atoms with E-state index in [0.717, 1.165) is 53.5 Å². The summed E-state index contributed by atoms with van der Waals surface area (Å²) in [5, 5.41) is 3.03. The monoisotopic (exact) mass is 416 g/mol. The van der Waals surface area contributed by atoms with Gasteiger partial charge in [-0.25, -0.2) is 8.42 Å². The van der Waals surface area contributed by atoms with Gasteiger partial charge in [-0.05, 0) is 73.6 Å². The lowest BCUT2D eigenvalue weighted by molar-refractivity contribution is -0.120. The van der Waals surface area contributed by atoms with Gasteiger partial charge in [0.2, 0.25) is 15.9 Å². The lowest BCUT2D eigenvalue weighted by atomic mass is 9.87. The van der Waals surface area contributed by atoms with Gasteiger partial charge >= 0.3 is 0 Å². The highest BCUT2D eigenvalue weighted by atomic mass is 32.2. The normalized spacial score (nSPS) is 16.1. The van der Waals surface area contributed by atoms with E-state index in [1.165, 1.54) is 4.31 Å². The molecule has 0 radical (unpaired) electrons. The Labute approximate surface area is 172 Å². The average Bonchev–Trinajstić information content (AvgIpc) is 2.67. The molecule has 0 aromatic heterocycles. The summed E-state index contributed by atoms with van der Waals surface area (Å²) in [5.74, 6) is 0.485. The number of carbonyl (C=O) groups excluding carboxylic acids is 1. The number of hydrogen-bond donors (Lipinski definition) is 1. The third kappa shape index (κ3) is 4.90. The van der Waals surface area contributed by atoms with Crippen molar-refractivity contribution in [2.75, 3.05) is 24.2 Å². The molecular weight excluding hydrogens is 388 g/mol. The molecule has 156 valence electrons. The molecule has 0 heterocycles. The molecule has 3 rings (SSSR count). The number of aryl methyl sites for hydroxylation is 3. The number of rotatable bonds is 6. The molecule has 6 nitrogen and oxygen atoms in total. The third-order valence-corrected chi connectivity index (χ3v) is 6.45. The lowest BCUT2D eigenvalue weighted by Crippen LogP contribution is -2.42. The molecule has 1 aliphatic rings. The van der Waals surface area contributed by atoms with Crippen molar-refractivity contribution in [2.45, 2.75) is 39.2 Å². The number of fused-ring (bicyclic) bond motifs is 1. The molecule has 1 N–H and O–H groups in total. The maximum atomic E-state index is 12.8. The summed E-state index contributed by atoms with van der Waals surface area (Å²) in [6.45, 7) is 3.50. The largest absolute Gasteiger partial charge is 0.497 e. The van der Waals surface area contributed by atoms with Crippen LogP contribution in [0.4, 0.5) is 5.69 Å². The minimum absolute atomic E-state index is 0.128. The standard InChI is InChI=1S/C22H28N2O4S/c1-15-8-9-16(2)21(12-15)24(29(4,26)27)14-22(25)23-20-7-5-6-17-13-18(28-3)10-11-19(17)20/h8-13,20H,5-7,14H2,1-4H3,(H,23,25). The maximum absolute atomic E-state index is 12.8. The first-order chi connectivity index (χ1) is 13.7. The fraction of sp³-hybridized carbons (Fsp3) is 0.409. The van der Waals surface area contributed by atoms with E-state index in [4.69, 9.17) is 4.74 Å². The number of amides is 1. The van der Waals surface area contributed by atoms with Gasteiger partial charge in [0.15, 0.2) is 0 Å². The molecule has 2 aromatic carbocycles. The van der Waals surface area contributed by atoms with E-state index in [1.807, 2.05) is 44.2 Å². The first-order valence-electron chi connectivity index (χ1n) is 9.70. The first kappa shape index (κ1) is 21.2. The van der Waals surface area contributed by atoms with Crippen molar-refractivity contribution in [3.05, 3.63) is 58.7 Å². The van der Waals surface area contributed by atoms with Crippen LogP contribution in [-0.2, 0) is 21.2 Å². The molecule has 7 heteroatoms. The number of nitrogens with zero attached hydrogens (tertiary/aromatic N) is 1. The third-order valence-electron chi connectivity index (χ3n) is 5.32. The van der Waals surface area contributed by atoms with Crippen LogP contribution in [0.3, 0.4) is 0 Å². The van der Waals surface area contributed by atoms with Gasteiger partial charge in [-0.3, -0.25) is 9.10 Å². The Kier molecular flexibility index (Phi) is 6.17. The quantitative estimate of drug-likeness (QED) is 0.784. The summed E-state index contributed by atoms with van der Waals surface area (Å²) < 4.78 is 31.3. The molecule has 1 amide bonds. The summed E-state index contributed by atoms with van der Waals surface area (Å²) in [7, 11) is -1.97. The van der Waals surface area contributed by atoms with Crippen LogP contribution in [0.1, 0.15) is 41.1 Å². The van der Waals surface area contributed by atoms with Gasteiger partial charge in [-0.2, -0.15) is 0 Å². The number of hydrogen-bond acceptors (Lipinski definition) is 4. The van der Waals surface area contributed by atoms with Gasteiger partial charge < -0.3 is 10.1 Å². The van der Waals surface area contributed by atoms with E-state index in [-0.39, 0.29) is 18.5 Å². The predicted octanol–water partition coefficient (Wildman–Crippen LogP) is 3.27. The predicted molar refractivity (Wildman–Crippen MR) is 115 cm³/mol. The first-order valence-corrected chi connectivity index (χ1v) is 11.5. The molecule has 0 bridgehead atoms. The molecule has 0 saturated carbocycles. The minimum atomic E-state index is -3.61. The van der Waals surface area contributed by atoms with Gasteiger partial charge in [0, 0.05) is 0 Å². The number of anilines is 1. The zero-order chi connectivity index (χ0) is 21.2. The van der Waals surface area contributed by atoms with E-state index in [9.17, 15) is 13.2 Å². The SMILES string of the molecule is COc1ccc2c(c1)CCCC2NC(=O)CN(c1cc(C)ccc1C)S(C)(=O)=O. The molecule has 1 atom stereocenters. The number of ether oxygens (including phenoxy) is 1. The van der Waals surface area contributed by atoms with Crippen molar-refractivity contribution < 1.29 is 17.9 Å². The fourth-order valence-corrected chi connectivity index (χ4v) is 4.71. The van der Waals surface area contributed by atoms with E-state index in [1.54, 1.807) is 13.2 Å². The van der Waals surface area contributed by atoms with Gasteiger partial charge in [-0.15, -0.1) is 0 Å². The van der Waals surface area contributed by atoms with Crippen LogP contribution in [0.15, 0.2) is 36.4 Å². The second-order valence-electron chi connectivity index (χ2n) is 7.64. The molecule has 0 saturated heterocycles. The summed E-state index contributed by atoms with van der Waals surface area (Å²) in [6.07, 6.45) is 3.85. The van der Waals surface area contributed by atoms with Crippen molar-refractivity contribution in [2.24, 2.45) is 0 Å². The Balaban J connectivity index is 1.81. The summed E-state index contributed by atoms with van der Waals surface area (Å²) >= 11 is 0. The second kappa shape index (κ2) is 8.45. The maximum Gasteiger partial charge on any atom is 0.241 e. The lowest BCUT2D eigenvalue weighted by Gasteiger charge is -2.29. The highest BCUT2D eigenvalue weighted by Gasteiger charge is 2.26. The molecule has 0 fully saturated rings. The van der Waals surface area contributed by atoms with Crippen molar-refractivity contribution in [3.63, 3.8) is 0 Å². The molecule has 0 aliphatic heterocycles. The van der Waals surface area contributed by atoms with Crippen LogP contribution in [0, 0.1) is 13.8 Å². The highest BCUT2D eigenvalue weighted by Crippen LogP contribution is 2.32. The average molecular weight is 417 g/mol. The van der Waals surface area contributed by atoms with E-state index in [2.05, 4.69) is 5.32 Å². The van der Waals surface area contributed by atoms with Crippen LogP contribution in [0.2, 0.25) is 0 Å². The van der Waals surface area contributed by atoms with Crippen molar-refractivity contribution >= 4 is 21.6 Å². The Hall–Kier alpha value is -2.54. The summed E-state index contributed by atoms with van der Waals surface area (Å²) in [5.41, 5.74) is 4.52. The van der Waals surface area contributed by atoms with Crippen LogP contribution < -0.4 is 14.4 Å². The number of carbonyl (C=O) groups is 1. The Morgan fingerprint density at radius 2 is 1.97 bits per heavy atom. The van der Waals surface area contributed by atoms with Crippen LogP contribution in [0.25, 0.3) is 0 Å². The van der Waals surface area contributed by atoms with Crippen molar-refractivity contribution in [1.29, 1.82) is 0 Å². The van der Waals surface area contributed by atoms with Crippen molar-refractivity contribution in [1.82, 2.24) is 5.32 Å². The molecule has 1 aliphatic carbocycles. The van der Waals surface area contributed by atoms with Crippen LogP contribution in [0.5, 0.6) is 5.75 Å². The van der Waals surface area contributed by atoms with Gasteiger partial charge in [0.25, 0.3) is 0 Å². The molecular formula is C22H28N2O4S. The molecule has 29 heavy (non-hydrogen) atoms. The summed E-state index contributed by atoms with van der Waals surface area (Å²) in [4.78, 5) is 12.8. The molecule has 0 spiro atoms. The van der Waals surface area contributed by atoms with Crippen molar-refractivity contribution in [3.8, 4) is 5.75 Å². The number of nitrogens with one attached hydrogen (secondary N) is 1. The highest BCUT2D eigenvalue weighted by molar-refractivity contribution is 7.92. The Bertz CT molecular complexity index is 1020. The summed E-state index contributed by atoms with van der Waals surface area (Å²) in [6, 6.07) is 11.3. The zero-order valence-corrected chi connectivity index (χ0v) is 18.2. The molecule has 2 aromatic rings. The van der Waals surface area contributed by atoms with Crippen LogP contribution >= 0.6 is 0 Å².